The molecule has 2 aromatic heterocycles. The smallest absolute Gasteiger partial charge is 0.407 e. The number of H-pyrrole nitrogens is 1. The zero-order valence-corrected chi connectivity index (χ0v) is 17.5. The molecule has 2 aromatic rings. The van der Waals surface area contributed by atoms with E-state index in [0.29, 0.717) is 18.7 Å². The van der Waals surface area contributed by atoms with Gasteiger partial charge in [-0.1, -0.05) is 6.92 Å². The second-order valence-electron chi connectivity index (χ2n) is 7.85. The average Bonchev–Trinajstić information content (AvgIpc) is 3.42. The maximum absolute atomic E-state index is 13.6. The first kappa shape index (κ1) is 21.8. The van der Waals surface area contributed by atoms with Crippen LogP contribution in [0.15, 0.2) is 18.5 Å². The van der Waals surface area contributed by atoms with E-state index in [4.69, 9.17) is 4.74 Å². The summed E-state index contributed by atoms with van der Waals surface area (Å²) in [4.78, 5) is 24.1. The van der Waals surface area contributed by atoms with Crippen LogP contribution >= 0.6 is 0 Å². The number of aryl methyl sites for hydroxylation is 1. The molecule has 164 valence electrons. The normalized spacial score (nSPS) is 20.5. The Morgan fingerprint density at radius 1 is 1.43 bits per heavy atom. The third kappa shape index (κ3) is 5.80. The lowest BCUT2D eigenvalue weighted by Gasteiger charge is -2.19. The molecule has 0 unspecified atom stereocenters. The molecule has 0 radical (unpaired) electrons. The molecule has 10 heteroatoms. The predicted molar refractivity (Wildman–Crippen MR) is 109 cm³/mol. The first-order valence-corrected chi connectivity index (χ1v) is 10.3. The van der Waals surface area contributed by atoms with Gasteiger partial charge in [0.2, 0.25) is 5.91 Å². The van der Waals surface area contributed by atoms with Crippen LogP contribution in [0.3, 0.4) is 0 Å². The molecule has 0 spiro atoms. The second-order valence-corrected chi connectivity index (χ2v) is 7.85. The molecule has 1 saturated carbocycles. The molecule has 1 aliphatic rings. The van der Waals surface area contributed by atoms with E-state index < -0.39 is 18.3 Å². The van der Waals surface area contributed by atoms with Crippen molar-refractivity contribution in [3.63, 3.8) is 0 Å². The first-order valence-electron chi connectivity index (χ1n) is 10.3. The number of alkyl halides is 1. The van der Waals surface area contributed by atoms with E-state index in [1.54, 1.807) is 38.0 Å². The van der Waals surface area contributed by atoms with Crippen LogP contribution in [-0.4, -0.2) is 50.3 Å². The second kappa shape index (κ2) is 9.73. The number of hydrogen-bond acceptors (Lipinski definition) is 5. The number of halogens is 1. The van der Waals surface area contributed by atoms with Gasteiger partial charge in [-0.05, 0) is 38.2 Å². The molecule has 0 bridgehead atoms. The fourth-order valence-corrected chi connectivity index (χ4v) is 3.69. The monoisotopic (exact) mass is 420 g/mol. The minimum Gasteiger partial charge on any atom is -0.446 e. The summed E-state index contributed by atoms with van der Waals surface area (Å²) in [7, 11) is 1.80. The van der Waals surface area contributed by atoms with Crippen LogP contribution in [0.4, 0.5) is 15.0 Å². The van der Waals surface area contributed by atoms with Crippen molar-refractivity contribution in [2.45, 2.75) is 70.2 Å². The van der Waals surface area contributed by atoms with Crippen molar-refractivity contribution in [3.05, 3.63) is 29.7 Å². The largest absolute Gasteiger partial charge is 0.446 e. The van der Waals surface area contributed by atoms with Gasteiger partial charge in [-0.2, -0.15) is 10.2 Å². The van der Waals surface area contributed by atoms with Crippen LogP contribution in [0.2, 0.25) is 0 Å². The Morgan fingerprint density at radius 3 is 2.93 bits per heavy atom. The van der Waals surface area contributed by atoms with Gasteiger partial charge in [0.05, 0.1) is 18.7 Å². The molecule has 3 N–H and O–H groups in total. The number of hydrogen-bond donors (Lipinski definition) is 3. The Morgan fingerprint density at radius 2 is 2.23 bits per heavy atom. The summed E-state index contributed by atoms with van der Waals surface area (Å²) in [6, 6.07) is 1.23. The first-order chi connectivity index (χ1) is 14.3. The molecule has 0 saturated heterocycles. The molecular weight excluding hydrogens is 391 g/mol. The third-order valence-corrected chi connectivity index (χ3v) is 5.36. The Kier molecular flexibility index (Phi) is 7.07. The number of rotatable bonds is 8. The van der Waals surface area contributed by atoms with E-state index in [9.17, 15) is 14.0 Å². The number of alkyl carbamates (subject to hydrolysis) is 1. The van der Waals surface area contributed by atoms with Gasteiger partial charge < -0.3 is 15.4 Å². The van der Waals surface area contributed by atoms with Crippen molar-refractivity contribution in [3.8, 4) is 0 Å². The van der Waals surface area contributed by atoms with Crippen molar-refractivity contribution in [1.82, 2.24) is 25.3 Å². The van der Waals surface area contributed by atoms with Gasteiger partial charge in [-0.3, -0.25) is 14.6 Å². The third-order valence-electron chi connectivity index (χ3n) is 5.36. The summed E-state index contributed by atoms with van der Waals surface area (Å²) in [5.74, 6) is 0.447. The fourth-order valence-electron chi connectivity index (χ4n) is 3.69. The van der Waals surface area contributed by atoms with Crippen molar-refractivity contribution >= 4 is 17.8 Å². The van der Waals surface area contributed by atoms with Crippen LogP contribution in [0, 0.1) is 0 Å². The Bertz CT molecular complexity index is 866. The number of nitrogens with zero attached hydrogens (tertiary/aromatic N) is 3. The minimum atomic E-state index is -1.09. The summed E-state index contributed by atoms with van der Waals surface area (Å²) in [5, 5.41) is 16.5. The predicted octanol–water partition coefficient (Wildman–Crippen LogP) is 2.82. The zero-order valence-electron chi connectivity index (χ0n) is 17.5. The number of ether oxygens (including phenoxy) is 1. The van der Waals surface area contributed by atoms with E-state index in [0.717, 1.165) is 24.1 Å². The molecule has 30 heavy (non-hydrogen) atoms. The van der Waals surface area contributed by atoms with Gasteiger partial charge in [0.15, 0.2) is 5.82 Å². The highest BCUT2D eigenvalue weighted by atomic mass is 19.1. The molecule has 0 aliphatic heterocycles. The average molecular weight is 420 g/mol. The number of nitrogens with one attached hydrogen (secondary N) is 3. The number of aromatic amines is 1. The van der Waals surface area contributed by atoms with E-state index in [-0.39, 0.29) is 24.3 Å². The molecule has 1 aliphatic carbocycles. The molecule has 9 nitrogen and oxygen atoms in total. The number of aromatic nitrogens is 4. The maximum Gasteiger partial charge on any atom is 0.407 e. The maximum atomic E-state index is 13.6. The quantitative estimate of drug-likeness (QED) is 0.608. The molecular formula is C20H29FN6O3. The van der Waals surface area contributed by atoms with Crippen molar-refractivity contribution < 1.29 is 18.7 Å². The van der Waals surface area contributed by atoms with Crippen LogP contribution in [-0.2, 0) is 23.0 Å². The van der Waals surface area contributed by atoms with Crippen molar-refractivity contribution in [2.24, 2.45) is 7.05 Å². The van der Waals surface area contributed by atoms with E-state index in [1.165, 1.54) is 0 Å². The van der Waals surface area contributed by atoms with Gasteiger partial charge in [0, 0.05) is 30.9 Å². The SMILES string of the molecule is CC[C@@H](F)[C@H](C)NC(=O)O[C@@H]1CC[C@H](c2cc(NC(=O)Cc3cnn(C)c3)n[nH]2)C1. The van der Waals surface area contributed by atoms with Crippen LogP contribution in [0.5, 0.6) is 0 Å². The highest BCUT2D eigenvalue weighted by Gasteiger charge is 2.30. The van der Waals surface area contributed by atoms with Gasteiger partial charge in [-0.15, -0.1) is 0 Å². The number of amides is 2. The van der Waals surface area contributed by atoms with Crippen LogP contribution < -0.4 is 10.6 Å². The van der Waals surface area contributed by atoms with E-state index >= 15 is 0 Å². The van der Waals surface area contributed by atoms with Crippen LogP contribution in [0.25, 0.3) is 0 Å². The van der Waals surface area contributed by atoms with Crippen LogP contribution in [0.1, 0.15) is 56.7 Å². The Balaban J connectivity index is 1.46. The van der Waals surface area contributed by atoms with E-state index in [1.807, 2.05) is 6.07 Å². The lowest BCUT2D eigenvalue weighted by atomic mass is 10.0. The number of carbonyl (C=O) groups excluding carboxylic acids is 2. The number of anilines is 1. The number of carbonyl (C=O) groups is 2. The zero-order chi connectivity index (χ0) is 21.7. The highest BCUT2D eigenvalue weighted by Crippen LogP contribution is 2.35. The summed E-state index contributed by atoms with van der Waals surface area (Å²) in [6.45, 7) is 3.36. The van der Waals surface area contributed by atoms with Crippen molar-refractivity contribution in [2.75, 3.05) is 5.32 Å². The van der Waals surface area contributed by atoms with Gasteiger partial charge >= 0.3 is 6.09 Å². The minimum absolute atomic E-state index is 0.154. The summed E-state index contributed by atoms with van der Waals surface area (Å²) >= 11 is 0. The van der Waals surface area contributed by atoms with Crippen molar-refractivity contribution in [1.29, 1.82) is 0 Å². The molecule has 2 heterocycles. The molecule has 2 amide bonds. The topological polar surface area (TPSA) is 114 Å². The van der Waals surface area contributed by atoms with Gasteiger partial charge in [0.1, 0.15) is 12.3 Å². The Labute approximate surface area is 174 Å². The molecule has 3 rings (SSSR count). The lowest BCUT2D eigenvalue weighted by Crippen LogP contribution is -2.40. The van der Waals surface area contributed by atoms with E-state index in [2.05, 4.69) is 25.9 Å². The molecule has 1 fully saturated rings. The standard InChI is InChI=1S/C20H29FN6O3/c1-4-16(21)12(2)23-20(29)30-15-6-5-14(8-15)17-9-18(26-25-17)24-19(28)7-13-10-22-27(3)11-13/h9-12,14-16H,4-8H2,1-3H3,(H,23,29)(H2,24,25,26,28)/t12-,14-,15+,16+/m0/s1. The summed E-state index contributed by atoms with van der Waals surface area (Å²) < 4.78 is 20.7. The van der Waals surface area contributed by atoms with Gasteiger partial charge in [0.25, 0.3) is 0 Å². The van der Waals surface area contributed by atoms with Gasteiger partial charge in [-0.25, -0.2) is 9.18 Å². The highest BCUT2D eigenvalue weighted by molar-refractivity contribution is 5.91. The lowest BCUT2D eigenvalue weighted by molar-refractivity contribution is -0.115. The molecule has 0 aromatic carbocycles. The Hall–Kier alpha value is -2.91. The molecule has 4 atom stereocenters. The summed E-state index contributed by atoms with van der Waals surface area (Å²) in [5.41, 5.74) is 1.72. The summed E-state index contributed by atoms with van der Waals surface area (Å²) in [6.07, 6.45) is 4.31. The fraction of sp³-hybridized carbons (Fsp3) is 0.600.